The van der Waals surface area contributed by atoms with Gasteiger partial charge in [0.15, 0.2) is 0 Å². The number of rotatable bonds is 8. The number of nitrogens with one attached hydrogen (secondary N) is 1. The summed E-state index contributed by atoms with van der Waals surface area (Å²) in [5.74, 6) is 0.478. The zero-order valence-corrected chi connectivity index (χ0v) is 17.0. The number of benzene rings is 1. The maximum absolute atomic E-state index is 12.7. The molecule has 1 heterocycles. The summed E-state index contributed by atoms with van der Waals surface area (Å²) in [4.78, 5) is 12.7. The van der Waals surface area contributed by atoms with Gasteiger partial charge in [-0.05, 0) is 32.0 Å². The monoisotopic (exact) mass is 395 g/mol. The zero-order chi connectivity index (χ0) is 20.2. The first kappa shape index (κ1) is 20.9. The molecule has 1 aromatic heterocycles. The topological polar surface area (TPSA) is 102 Å². The molecule has 0 unspecified atom stereocenters. The molecule has 0 fully saturated rings. The lowest BCUT2D eigenvalue weighted by Gasteiger charge is -2.19. The van der Waals surface area contributed by atoms with Crippen LogP contribution >= 0.6 is 0 Å². The Morgan fingerprint density at radius 3 is 2.44 bits per heavy atom. The van der Waals surface area contributed by atoms with Gasteiger partial charge in [-0.3, -0.25) is 4.79 Å². The highest BCUT2D eigenvalue weighted by Crippen LogP contribution is 2.25. The number of methoxy groups -OCH3 is 1. The molecule has 0 bridgehead atoms. The van der Waals surface area contributed by atoms with Crippen LogP contribution in [0.1, 0.15) is 41.2 Å². The van der Waals surface area contributed by atoms with Crippen molar-refractivity contribution in [2.24, 2.45) is 0 Å². The number of nitrogens with zero attached hydrogens (tertiary/aromatic N) is 2. The highest BCUT2D eigenvalue weighted by Gasteiger charge is 2.24. The molecule has 0 aliphatic heterocycles. The first-order valence-electron chi connectivity index (χ1n) is 8.64. The Balaban J connectivity index is 2.33. The van der Waals surface area contributed by atoms with Gasteiger partial charge in [-0.25, -0.2) is 8.42 Å². The van der Waals surface area contributed by atoms with Crippen LogP contribution < -0.4 is 10.1 Å². The van der Waals surface area contributed by atoms with Crippen LogP contribution in [0.25, 0.3) is 0 Å². The molecule has 0 saturated heterocycles. The van der Waals surface area contributed by atoms with Gasteiger partial charge in [-0.15, -0.1) is 0 Å². The van der Waals surface area contributed by atoms with Crippen molar-refractivity contribution < 1.29 is 22.5 Å². The largest absolute Gasteiger partial charge is 0.496 e. The lowest BCUT2D eigenvalue weighted by molar-refractivity contribution is 0.0947. The van der Waals surface area contributed by atoms with Crippen LogP contribution in [0.3, 0.4) is 0 Å². The maximum atomic E-state index is 12.7. The number of carbonyl (C=O) groups excluding carboxylic acids is 1. The number of sulfonamides is 1. The summed E-state index contributed by atoms with van der Waals surface area (Å²) < 4.78 is 37.1. The van der Waals surface area contributed by atoms with E-state index in [0.717, 1.165) is 5.56 Å². The van der Waals surface area contributed by atoms with Gasteiger partial charge in [0.05, 0.1) is 23.3 Å². The van der Waals surface area contributed by atoms with Gasteiger partial charge in [0.1, 0.15) is 11.5 Å². The number of hydrogen-bond acceptors (Lipinski definition) is 6. The molecule has 148 valence electrons. The molecular weight excluding hydrogens is 370 g/mol. The lowest BCUT2D eigenvalue weighted by Crippen LogP contribution is -2.31. The van der Waals surface area contributed by atoms with E-state index < -0.39 is 15.9 Å². The van der Waals surface area contributed by atoms with Crippen molar-refractivity contribution in [1.29, 1.82) is 0 Å². The lowest BCUT2D eigenvalue weighted by atomic mass is 10.1. The summed E-state index contributed by atoms with van der Waals surface area (Å²) in [7, 11) is -2.25. The summed E-state index contributed by atoms with van der Waals surface area (Å²) in [5.41, 5.74) is 1.63. The van der Waals surface area contributed by atoms with E-state index in [1.165, 1.54) is 29.6 Å². The summed E-state index contributed by atoms with van der Waals surface area (Å²) in [6, 6.07) is 4.27. The molecule has 9 heteroatoms. The second-order valence-electron chi connectivity index (χ2n) is 5.94. The SMILES string of the molecule is CCN(CC)S(=O)(=O)c1ccc(OC)c(C(=O)NCc2c(C)noc2C)c1. The molecule has 1 N–H and O–H groups in total. The standard InChI is InChI=1S/C18H25N3O5S/c1-6-21(7-2)27(23,24)14-8-9-17(25-5)15(10-14)18(22)19-11-16-12(3)20-26-13(16)4/h8-10H,6-7,11H2,1-5H3,(H,19,22). The van der Waals surface area contributed by atoms with E-state index in [1.54, 1.807) is 27.7 Å². The molecule has 0 spiro atoms. The fourth-order valence-corrected chi connectivity index (χ4v) is 4.24. The predicted molar refractivity (Wildman–Crippen MR) is 100 cm³/mol. The van der Waals surface area contributed by atoms with E-state index in [2.05, 4.69) is 10.5 Å². The van der Waals surface area contributed by atoms with Crippen molar-refractivity contribution in [1.82, 2.24) is 14.8 Å². The van der Waals surface area contributed by atoms with Crippen molar-refractivity contribution in [3.63, 3.8) is 0 Å². The summed E-state index contributed by atoms with van der Waals surface area (Å²) in [5, 5.41) is 6.62. The third kappa shape index (κ3) is 4.30. The fourth-order valence-electron chi connectivity index (χ4n) is 2.76. The van der Waals surface area contributed by atoms with Crippen LogP contribution in [0, 0.1) is 13.8 Å². The van der Waals surface area contributed by atoms with E-state index in [4.69, 9.17) is 9.26 Å². The average molecular weight is 395 g/mol. The predicted octanol–water partition coefficient (Wildman–Crippen LogP) is 2.26. The highest BCUT2D eigenvalue weighted by atomic mass is 32.2. The van der Waals surface area contributed by atoms with Crippen LogP contribution in [0.4, 0.5) is 0 Å². The summed E-state index contributed by atoms with van der Waals surface area (Å²) >= 11 is 0. The number of carbonyl (C=O) groups is 1. The number of amides is 1. The number of aromatic nitrogens is 1. The molecule has 0 atom stereocenters. The Morgan fingerprint density at radius 2 is 1.93 bits per heavy atom. The van der Waals surface area contributed by atoms with Crippen molar-refractivity contribution in [3.05, 3.63) is 40.8 Å². The van der Waals surface area contributed by atoms with Gasteiger partial charge >= 0.3 is 0 Å². The third-order valence-electron chi connectivity index (χ3n) is 4.37. The normalized spacial score (nSPS) is 11.6. The Labute approximate surface area is 159 Å². The Morgan fingerprint density at radius 1 is 1.26 bits per heavy atom. The first-order chi connectivity index (χ1) is 12.8. The van der Waals surface area contributed by atoms with E-state index >= 15 is 0 Å². The van der Waals surface area contributed by atoms with Gasteiger partial charge in [-0.2, -0.15) is 4.31 Å². The number of ether oxygens (including phenoxy) is 1. The van der Waals surface area contributed by atoms with Crippen LogP contribution in [-0.2, 0) is 16.6 Å². The maximum Gasteiger partial charge on any atom is 0.255 e. The van der Waals surface area contributed by atoms with Gasteiger partial charge in [-0.1, -0.05) is 19.0 Å². The number of hydrogen-bond donors (Lipinski definition) is 1. The molecule has 2 rings (SSSR count). The van der Waals surface area contributed by atoms with Crippen molar-refractivity contribution in [2.45, 2.75) is 39.1 Å². The van der Waals surface area contributed by atoms with Crippen molar-refractivity contribution >= 4 is 15.9 Å². The quantitative estimate of drug-likeness (QED) is 0.736. The molecule has 0 saturated carbocycles. The number of aryl methyl sites for hydroxylation is 2. The Kier molecular flexibility index (Phi) is 6.61. The fraction of sp³-hybridized carbons (Fsp3) is 0.444. The van der Waals surface area contributed by atoms with Crippen LogP contribution in [0.5, 0.6) is 5.75 Å². The molecule has 27 heavy (non-hydrogen) atoms. The minimum absolute atomic E-state index is 0.0505. The Hall–Kier alpha value is -2.39. The molecule has 0 aliphatic carbocycles. The highest BCUT2D eigenvalue weighted by molar-refractivity contribution is 7.89. The van der Waals surface area contributed by atoms with Gasteiger partial charge in [0, 0.05) is 25.2 Å². The minimum Gasteiger partial charge on any atom is -0.496 e. The molecule has 1 amide bonds. The molecule has 1 aromatic carbocycles. The third-order valence-corrected chi connectivity index (χ3v) is 6.41. The van der Waals surface area contributed by atoms with Gasteiger partial charge < -0.3 is 14.6 Å². The van der Waals surface area contributed by atoms with Crippen LogP contribution in [0.15, 0.2) is 27.6 Å². The smallest absolute Gasteiger partial charge is 0.255 e. The Bertz CT molecular complexity index is 898. The summed E-state index contributed by atoms with van der Waals surface area (Å²) in [6.45, 7) is 7.99. The zero-order valence-electron chi connectivity index (χ0n) is 16.2. The van der Waals surface area contributed by atoms with E-state index in [9.17, 15) is 13.2 Å². The molecule has 2 aromatic rings. The molecule has 8 nitrogen and oxygen atoms in total. The average Bonchev–Trinajstić information content (AvgIpc) is 2.97. The molecular formula is C18H25N3O5S. The molecule has 0 radical (unpaired) electrons. The molecule has 0 aliphatic rings. The van der Waals surface area contributed by atoms with E-state index in [-0.39, 0.29) is 17.0 Å². The van der Waals surface area contributed by atoms with E-state index in [0.29, 0.717) is 30.3 Å². The van der Waals surface area contributed by atoms with Crippen molar-refractivity contribution in [3.8, 4) is 5.75 Å². The second-order valence-corrected chi connectivity index (χ2v) is 7.87. The first-order valence-corrected chi connectivity index (χ1v) is 10.1. The van der Waals surface area contributed by atoms with Gasteiger partial charge in [0.25, 0.3) is 5.91 Å². The second kappa shape index (κ2) is 8.53. The van der Waals surface area contributed by atoms with Crippen molar-refractivity contribution in [2.75, 3.05) is 20.2 Å². The minimum atomic E-state index is -3.68. The van der Waals surface area contributed by atoms with Crippen LogP contribution in [-0.4, -0.2) is 44.0 Å². The van der Waals surface area contributed by atoms with Gasteiger partial charge in [0.2, 0.25) is 10.0 Å². The summed E-state index contributed by atoms with van der Waals surface area (Å²) in [6.07, 6.45) is 0. The van der Waals surface area contributed by atoms with Crippen LogP contribution in [0.2, 0.25) is 0 Å². The van der Waals surface area contributed by atoms with E-state index in [1.807, 2.05) is 0 Å².